The first kappa shape index (κ1) is 34.1. The van der Waals surface area contributed by atoms with Crippen LogP contribution in [0.25, 0.3) is 11.1 Å². The smallest absolute Gasteiger partial charge is 0.432 e. The van der Waals surface area contributed by atoms with Crippen LogP contribution in [0.2, 0.25) is 0 Å². The van der Waals surface area contributed by atoms with Gasteiger partial charge in [-0.05, 0) is 30.2 Å². The molecule has 0 amide bonds. The molecule has 0 aliphatic carbocycles. The van der Waals surface area contributed by atoms with Crippen LogP contribution >= 0.6 is 0 Å². The van der Waals surface area contributed by atoms with Crippen molar-refractivity contribution in [1.82, 2.24) is 0 Å². The highest BCUT2D eigenvalue weighted by Gasteiger charge is 2.42. The Bertz CT molecular complexity index is 1470. The van der Waals surface area contributed by atoms with Crippen LogP contribution in [-0.2, 0) is 15.6 Å². The Morgan fingerprint density at radius 1 is 0.800 bits per heavy atom. The van der Waals surface area contributed by atoms with Gasteiger partial charge in [0.15, 0.2) is 23.7 Å². The number of ether oxygens (including phenoxy) is 4. The minimum absolute atomic E-state index is 0.0820. The quantitative estimate of drug-likeness (QED) is 0.117. The van der Waals surface area contributed by atoms with Gasteiger partial charge >= 0.3 is 12.3 Å². The minimum Gasteiger partial charge on any atom is -0.459 e. The molecule has 0 bridgehead atoms. The number of halogens is 10. The average Bonchev–Trinajstić information content (AvgIpc) is 2.93. The fraction of sp³-hybridized carbons (Fsp3) is 0.355. The van der Waals surface area contributed by atoms with E-state index in [2.05, 4.69) is 16.4 Å². The van der Waals surface area contributed by atoms with Crippen molar-refractivity contribution in [2.75, 3.05) is 13.2 Å². The van der Waals surface area contributed by atoms with Crippen LogP contribution in [0.4, 0.5) is 43.9 Å². The van der Waals surface area contributed by atoms with E-state index in [4.69, 9.17) is 9.47 Å². The molecule has 1 aliphatic rings. The molecule has 0 saturated carbocycles. The summed E-state index contributed by atoms with van der Waals surface area (Å²) in [6.45, 7) is 2.90. The fourth-order valence-corrected chi connectivity index (χ4v) is 4.59. The first-order valence-corrected chi connectivity index (χ1v) is 13.7. The standard InChI is InChI=1S/C31H26F10O4/c1-2-3-4-5-17-15-43-29(44-16-17)18-6-7-21(22(32)10-18)19-11-23(33)27(24(34)12-19)31(40,41)45-20-13-25(35)28(26(36)14-20)42-9-8-30(37,38)39/h6-14,17,29H,2-5,15-16H2,1H3. The van der Waals surface area contributed by atoms with Gasteiger partial charge in [0.1, 0.15) is 28.8 Å². The SMILES string of the molecule is CCCCCC1COC(c2ccc(-c3cc(F)c(C(F)(F)Oc4cc(F)c(OC=CC(F)(F)F)c(F)c4)c(F)c3)c(F)c2)OC1. The maximum atomic E-state index is 15.0. The summed E-state index contributed by atoms with van der Waals surface area (Å²) < 4.78 is 159. The Balaban J connectivity index is 1.49. The summed E-state index contributed by atoms with van der Waals surface area (Å²) in [6.07, 6.45) is -7.04. The molecule has 4 rings (SSSR count). The zero-order valence-electron chi connectivity index (χ0n) is 23.5. The number of hydrogen-bond donors (Lipinski definition) is 0. The van der Waals surface area contributed by atoms with Gasteiger partial charge in [0.25, 0.3) is 0 Å². The number of allylic oxidation sites excluding steroid dienone is 1. The monoisotopic (exact) mass is 652 g/mol. The molecule has 0 radical (unpaired) electrons. The lowest BCUT2D eigenvalue weighted by Gasteiger charge is -2.29. The predicted molar refractivity (Wildman–Crippen MR) is 141 cm³/mol. The minimum atomic E-state index is -4.87. The number of benzene rings is 3. The van der Waals surface area contributed by atoms with E-state index in [1.807, 2.05) is 0 Å². The lowest BCUT2D eigenvalue weighted by atomic mass is 9.99. The van der Waals surface area contributed by atoms with Crippen LogP contribution in [0.3, 0.4) is 0 Å². The summed E-state index contributed by atoms with van der Waals surface area (Å²) in [7, 11) is 0. The highest BCUT2D eigenvalue weighted by Crippen LogP contribution is 2.39. The molecule has 3 aromatic carbocycles. The van der Waals surface area contributed by atoms with Crippen LogP contribution in [0, 0.1) is 35.0 Å². The summed E-state index contributed by atoms with van der Waals surface area (Å²) >= 11 is 0. The van der Waals surface area contributed by atoms with Gasteiger partial charge < -0.3 is 18.9 Å². The molecular formula is C31H26F10O4. The topological polar surface area (TPSA) is 36.9 Å². The van der Waals surface area contributed by atoms with Crippen molar-refractivity contribution in [2.24, 2.45) is 5.92 Å². The number of hydrogen-bond acceptors (Lipinski definition) is 4. The predicted octanol–water partition coefficient (Wildman–Crippen LogP) is 9.87. The van der Waals surface area contributed by atoms with Crippen LogP contribution in [-0.4, -0.2) is 19.4 Å². The molecule has 0 spiro atoms. The molecule has 1 saturated heterocycles. The highest BCUT2D eigenvalue weighted by molar-refractivity contribution is 5.65. The molecule has 14 heteroatoms. The summed E-state index contributed by atoms with van der Waals surface area (Å²) in [4.78, 5) is 0. The summed E-state index contributed by atoms with van der Waals surface area (Å²) in [5, 5.41) is 0. The van der Waals surface area contributed by atoms with E-state index in [-0.39, 0.29) is 29.9 Å². The Kier molecular flexibility index (Phi) is 10.7. The third-order valence-corrected chi connectivity index (χ3v) is 6.75. The summed E-state index contributed by atoms with van der Waals surface area (Å²) in [6, 6.07) is 4.68. The van der Waals surface area contributed by atoms with Gasteiger partial charge in [-0.15, -0.1) is 0 Å². The van der Waals surface area contributed by atoms with Crippen LogP contribution < -0.4 is 9.47 Å². The van der Waals surface area contributed by atoms with Gasteiger partial charge in [0, 0.05) is 29.2 Å². The normalized spacial score (nSPS) is 17.6. The molecule has 244 valence electrons. The Morgan fingerprint density at radius 3 is 1.98 bits per heavy atom. The van der Waals surface area contributed by atoms with Gasteiger partial charge in [-0.1, -0.05) is 38.3 Å². The lowest BCUT2D eigenvalue weighted by molar-refractivity contribution is -0.206. The Hall–Kier alpha value is -3.78. The van der Waals surface area contributed by atoms with Gasteiger partial charge in [-0.25, -0.2) is 22.0 Å². The van der Waals surface area contributed by atoms with E-state index in [0.29, 0.717) is 30.9 Å². The van der Waals surface area contributed by atoms with E-state index in [9.17, 15) is 39.5 Å². The zero-order valence-corrected chi connectivity index (χ0v) is 23.5. The highest BCUT2D eigenvalue weighted by atomic mass is 19.4. The molecule has 1 aliphatic heterocycles. The molecule has 0 aromatic heterocycles. The maximum absolute atomic E-state index is 15.0. The van der Waals surface area contributed by atoms with Crippen molar-refractivity contribution in [1.29, 1.82) is 0 Å². The number of unbranched alkanes of at least 4 members (excludes halogenated alkanes) is 2. The molecule has 0 N–H and O–H groups in total. The van der Waals surface area contributed by atoms with E-state index in [1.54, 1.807) is 0 Å². The van der Waals surface area contributed by atoms with E-state index in [1.165, 1.54) is 12.1 Å². The van der Waals surface area contributed by atoms with Crippen molar-refractivity contribution < 1.29 is 62.9 Å². The average molecular weight is 653 g/mol. The van der Waals surface area contributed by atoms with Crippen molar-refractivity contribution in [2.45, 2.75) is 51.2 Å². The van der Waals surface area contributed by atoms with E-state index < -0.39 is 76.4 Å². The van der Waals surface area contributed by atoms with E-state index >= 15 is 4.39 Å². The molecule has 3 aromatic rings. The summed E-state index contributed by atoms with van der Waals surface area (Å²) in [5.74, 6) is -10.6. The fourth-order valence-electron chi connectivity index (χ4n) is 4.59. The summed E-state index contributed by atoms with van der Waals surface area (Å²) in [5.41, 5.74) is -2.43. The number of alkyl halides is 5. The zero-order chi connectivity index (χ0) is 32.9. The molecule has 1 fully saturated rings. The maximum Gasteiger partial charge on any atom is 0.432 e. The third-order valence-electron chi connectivity index (χ3n) is 6.75. The lowest BCUT2D eigenvalue weighted by Crippen LogP contribution is -2.27. The third kappa shape index (κ3) is 8.69. The molecular weight excluding hydrogens is 626 g/mol. The second kappa shape index (κ2) is 14.1. The van der Waals surface area contributed by atoms with Crippen molar-refractivity contribution in [3.63, 3.8) is 0 Å². The first-order chi connectivity index (χ1) is 21.2. The second-order valence-corrected chi connectivity index (χ2v) is 10.2. The molecule has 1 heterocycles. The Morgan fingerprint density at radius 2 is 1.42 bits per heavy atom. The molecule has 0 atom stereocenters. The van der Waals surface area contributed by atoms with Crippen LogP contribution in [0.15, 0.2) is 54.8 Å². The largest absolute Gasteiger partial charge is 0.459 e. The van der Waals surface area contributed by atoms with Crippen molar-refractivity contribution in [3.8, 4) is 22.6 Å². The van der Waals surface area contributed by atoms with Gasteiger partial charge in [-0.3, -0.25) is 0 Å². The van der Waals surface area contributed by atoms with Gasteiger partial charge in [0.05, 0.1) is 25.6 Å². The molecule has 4 nitrogen and oxygen atoms in total. The Labute approximate surface area is 251 Å². The molecule has 45 heavy (non-hydrogen) atoms. The van der Waals surface area contributed by atoms with Gasteiger partial charge in [-0.2, -0.15) is 22.0 Å². The van der Waals surface area contributed by atoms with E-state index in [0.717, 1.165) is 31.7 Å². The first-order valence-electron chi connectivity index (χ1n) is 13.7. The second-order valence-electron chi connectivity index (χ2n) is 10.2. The van der Waals surface area contributed by atoms with Crippen molar-refractivity contribution >= 4 is 0 Å². The van der Waals surface area contributed by atoms with Crippen LogP contribution in [0.1, 0.15) is 50.0 Å². The van der Waals surface area contributed by atoms with Gasteiger partial charge in [0.2, 0.25) is 0 Å². The number of rotatable bonds is 11. The van der Waals surface area contributed by atoms with Crippen LogP contribution in [0.5, 0.6) is 11.5 Å². The molecule has 0 unspecified atom stereocenters. The van der Waals surface area contributed by atoms with Crippen molar-refractivity contribution in [3.05, 3.63) is 95.0 Å².